The van der Waals surface area contributed by atoms with Crippen LogP contribution < -0.4 is 0 Å². The Morgan fingerprint density at radius 2 is 2.05 bits per heavy atom. The summed E-state index contributed by atoms with van der Waals surface area (Å²) in [5, 5.41) is 0. The van der Waals surface area contributed by atoms with Gasteiger partial charge in [0.25, 0.3) is 0 Å². The molecule has 0 aliphatic carbocycles. The molecule has 1 aromatic rings. The molecule has 0 N–H and O–H groups in total. The Bertz CT molecular complexity index is 414. The number of hydrogen-bond acceptors (Lipinski definition) is 4. The summed E-state index contributed by atoms with van der Waals surface area (Å²) < 4.78 is 5.36. The van der Waals surface area contributed by atoms with Crippen LogP contribution in [-0.2, 0) is 16.1 Å². The minimum atomic E-state index is 0.0937. The van der Waals surface area contributed by atoms with Gasteiger partial charge in [-0.2, -0.15) is 0 Å². The van der Waals surface area contributed by atoms with Crippen molar-refractivity contribution in [3.05, 3.63) is 30.1 Å². The number of nitrogens with zero attached hydrogens (tertiary/aromatic N) is 3. The van der Waals surface area contributed by atoms with E-state index >= 15 is 0 Å². The van der Waals surface area contributed by atoms with Crippen molar-refractivity contribution in [2.24, 2.45) is 0 Å². The summed E-state index contributed by atoms with van der Waals surface area (Å²) in [4.78, 5) is 20.5. The maximum atomic E-state index is 11.9. The number of hydrogen-bond donors (Lipinski definition) is 0. The maximum Gasteiger partial charge on any atom is 0.248 e. The second-order valence-corrected chi connectivity index (χ2v) is 5.34. The van der Waals surface area contributed by atoms with Crippen LogP contribution in [0.15, 0.2) is 24.4 Å². The fraction of sp³-hybridized carbons (Fsp3) is 0.600. The third kappa shape index (κ3) is 4.58. The molecule has 0 spiro atoms. The molecule has 1 aromatic heterocycles. The van der Waals surface area contributed by atoms with Gasteiger partial charge in [-0.25, -0.2) is 0 Å². The molecule has 2 rings (SSSR count). The van der Waals surface area contributed by atoms with Gasteiger partial charge in [0, 0.05) is 38.9 Å². The van der Waals surface area contributed by atoms with Crippen LogP contribution in [0.2, 0.25) is 0 Å². The molecule has 0 bridgehead atoms. The molecule has 1 fully saturated rings. The quantitative estimate of drug-likeness (QED) is 0.810. The van der Waals surface area contributed by atoms with E-state index in [2.05, 4.69) is 9.88 Å². The molecule has 5 nitrogen and oxygen atoms in total. The molecule has 110 valence electrons. The zero-order valence-corrected chi connectivity index (χ0v) is 12.3. The molecule has 1 aliphatic heterocycles. The minimum Gasteiger partial charge on any atom is -0.369 e. The molecule has 1 aliphatic rings. The smallest absolute Gasteiger partial charge is 0.248 e. The van der Waals surface area contributed by atoms with Crippen molar-refractivity contribution in [3.63, 3.8) is 0 Å². The Labute approximate surface area is 120 Å². The number of carbonyl (C=O) groups excluding carboxylic acids is 1. The van der Waals surface area contributed by atoms with Crippen LogP contribution in [0.5, 0.6) is 0 Å². The lowest BCUT2D eigenvalue weighted by molar-refractivity contribution is -0.139. The highest BCUT2D eigenvalue weighted by Crippen LogP contribution is 2.07. The first-order valence-electron chi connectivity index (χ1n) is 7.17. The molecule has 0 aromatic carbocycles. The van der Waals surface area contributed by atoms with E-state index in [4.69, 9.17) is 4.74 Å². The summed E-state index contributed by atoms with van der Waals surface area (Å²) >= 11 is 0. The van der Waals surface area contributed by atoms with Gasteiger partial charge in [0.05, 0.1) is 11.8 Å². The van der Waals surface area contributed by atoms with Crippen LogP contribution >= 0.6 is 0 Å². The fourth-order valence-corrected chi connectivity index (χ4v) is 2.21. The number of rotatable bonds is 5. The lowest BCUT2D eigenvalue weighted by Crippen LogP contribution is -2.49. The molecule has 1 saturated heterocycles. The molecule has 2 heterocycles. The molecule has 5 heteroatoms. The van der Waals surface area contributed by atoms with E-state index in [1.54, 1.807) is 0 Å². The standard InChI is InChI=1S/C15H23N3O2/c1-13(2)20-12-15(19)18-9-7-17(8-10-18)11-14-5-3-4-6-16-14/h3-6,13H,7-12H2,1-2H3. The SMILES string of the molecule is CC(C)OCC(=O)N1CCN(Cc2ccccn2)CC1. The summed E-state index contributed by atoms with van der Waals surface area (Å²) in [6.45, 7) is 8.26. The van der Waals surface area contributed by atoms with Crippen LogP contribution in [0.4, 0.5) is 0 Å². The van der Waals surface area contributed by atoms with E-state index in [1.807, 2.05) is 43.1 Å². The maximum absolute atomic E-state index is 11.9. The highest BCUT2D eigenvalue weighted by Gasteiger charge is 2.21. The van der Waals surface area contributed by atoms with Crippen molar-refractivity contribution in [2.75, 3.05) is 32.8 Å². The molecule has 0 atom stereocenters. The van der Waals surface area contributed by atoms with Gasteiger partial charge in [-0.15, -0.1) is 0 Å². The first kappa shape index (κ1) is 14.9. The van der Waals surface area contributed by atoms with Gasteiger partial charge < -0.3 is 9.64 Å². The van der Waals surface area contributed by atoms with Gasteiger partial charge in [0.1, 0.15) is 6.61 Å². The van der Waals surface area contributed by atoms with Crippen molar-refractivity contribution in [3.8, 4) is 0 Å². The van der Waals surface area contributed by atoms with Crippen molar-refractivity contribution >= 4 is 5.91 Å². The minimum absolute atomic E-state index is 0.0937. The fourth-order valence-electron chi connectivity index (χ4n) is 2.21. The number of pyridine rings is 1. The zero-order valence-electron chi connectivity index (χ0n) is 12.3. The summed E-state index contributed by atoms with van der Waals surface area (Å²) in [7, 11) is 0. The summed E-state index contributed by atoms with van der Waals surface area (Å²) in [6, 6.07) is 5.97. The van der Waals surface area contributed by atoms with Crippen molar-refractivity contribution in [1.82, 2.24) is 14.8 Å². The Morgan fingerprint density at radius 3 is 2.65 bits per heavy atom. The number of amides is 1. The van der Waals surface area contributed by atoms with Gasteiger partial charge >= 0.3 is 0 Å². The van der Waals surface area contributed by atoms with E-state index < -0.39 is 0 Å². The van der Waals surface area contributed by atoms with E-state index in [0.717, 1.165) is 38.4 Å². The van der Waals surface area contributed by atoms with E-state index in [9.17, 15) is 4.79 Å². The van der Waals surface area contributed by atoms with E-state index in [0.29, 0.717) is 0 Å². The van der Waals surface area contributed by atoms with E-state index in [1.165, 1.54) is 0 Å². The summed E-state index contributed by atoms with van der Waals surface area (Å²) in [6.07, 6.45) is 1.92. The van der Waals surface area contributed by atoms with Gasteiger partial charge in [-0.3, -0.25) is 14.7 Å². The lowest BCUT2D eigenvalue weighted by Gasteiger charge is -2.34. The number of aromatic nitrogens is 1. The molecular formula is C15H23N3O2. The molecule has 0 unspecified atom stereocenters. The monoisotopic (exact) mass is 277 g/mol. The van der Waals surface area contributed by atoms with Gasteiger partial charge in [0.15, 0.2) is 0 Å². The number of piperazine rings is 1. The Hall–Kier alpha value is -1.46. The first-order valence-corrected chi connectivity index (χ1v) is 7.17. The van der Waals surface area contributed by atoms with Gasteiger partial charge in [-0.1, -0.05) is 6.07 Å². The van der Waals surface area contributed by atoms with Crippen LogP contribution in [-0.4, -0.2) is 59.6 Å². The number of ether oxygens (including phenoxy) is 1. The van der Waals surface area contributed by atoms with Crippen molar-refractivity contribution < 1.29 is 9.53 Å². The molecule has 0 saturated carbocycles. The number of carbonyl (C=O) groups is 1. The van der Waals surface area contributed by atoms with Crippen LogP contribution in [0.25, 0.3) is 0 Å². The second-order valence-electron chi connectivity index (χ2n) is 5.34. The van der Waals surface area contributed by atoms with Crippen molar-refractivity contribution in [2.45, 2.75) is 26.5 Å². The predicted octanol–water partition coefficient (Wildman–Crippen LogP) is 1.15. The van der Waals surface area contributed by atoms with Crippen LogP contribution in [0.3, 0.4) is 0 Å². The van der Waals surface area contributed by atoms with Gasteiger partial charge in [0.2, 0.25) is 5.91 Å². The lowest BCUT2D eigenvalue weighted by atomic mass is 10.2. The van der Waals surface area contributed by atoms with Gasteiger partial charge in [-0.05, 0) is 26.0 Å². The summed E-state index contributed by atoms with van der Waals surface area (Å²) in [5.74, 6) is 0.0937. The largest absolute Gasteiger partial charge is 0.369 e. The third-order valence-corrected chi connectivity index (χ3v) is 3.38. The van der Waals surface area contributed by atoms with Crippen molar-refractivity contribution in [1.29, 1.82) is 0 Å². The average molecular weight is 277 g/mol. The average Bonchev–Trinajstić information content (AvgIpc) is 2.46. The highest BCUT2D eigenvalue weighted by atomic mass is 16.5. The van der Waals surface area contributed by atoms with E-state index in [-0.39, 0.29) is 18.6 Å². The molecular weight excluding hydrogens is 254 g/mol. The predicted molar refractivity (Wildman–Crippen MR) is 77.2 cm³/mol. The molecule has 1 amide bonds. The first-order chi connectivity index (χ1) is 9.65. The Kier molecular flexibility index (Phi) is 5.49. The Balaban J connectivity index is 1.73. The van der Waals surface area contributed by atoms with Crippen LogP contribution in [0, 0.1) is 0 Å². The summed E-state index contributed by atoms with van der Waals surface area (Å²) in [5.41, 5.74) is 1.08. The highest BCUT2D eigenvalue weighted by molar-refractivity contribution is 5.77. The third-order valence-electron chi connectivity index (χ3n) is 3.38. The second kappa shape index (κ2) is 7.36. The molecule has 20 heavy (non-hydrogen) atoms. The zero-order chi connectivity index (χ0) is 14.4. The Morgan fingerprint density at radius 1 is 1.30 bits per heavy atom. The topological polar surface area (TPSA) is 45.7 Å². The normalized spacial score (nSPS) is 16.6. The molecule has 0 radical (unpaired) electrons. The van der Waals surface area contributed by atoms with Crippen LogP contribution in [0.1, 0.15) is 19.5 Å².